The van der Waals surface area contributed by atoms with E-state index in [-0.39, 0.29) is 91.0 Å². The van der Waals surface area contributed by atoms with Crippen LogP contribution in [0.1, 0.15) is 89.6 Å². The van der Waals surface area contributed by atoms with Crippen LogP contribution in [0.4, 0.5) is 4.79 Å². The second kappa shape index (κ2) is 23.6. The van der Waals surface area contributed by atoms with Gasteiger partial charge in [0.15, 0.2) is 0 Å². The van der Waals surface area contributed by atoms with E-state index in [1.165, 1.54) is 34.1 Å². The number of urea groups is 1. The SMILES string of the molecule is CCn1c(-c2cccnc2[C@H](C)OC)c2c3cc(ccc31)-c1csc(n1)C[C@H](NC(=O)[C@H](C(C)C)N(C)C(=O)N1CC(N(C)C3CC3)C1)C(=O)N1CCC[C@H](N1)C(=O)OCC(C)(C)C2.S.S.S.S. The topological polar surface area (TPSA) is 154 Å². The number of nitrogens with one attached hydrogen (secondary N) is 2. The molecular formula is C48H73N9O6S5. The zero-order valence-electron chi connectivity index (χ0n) is 40.8. The third-order valence-electron chi connectivity index (χ3n) is 13.6. The van der Waals surface area contributed by atoms with Gasteiger partial charge in [-0.05, 0) is 88.7 Å². The number of esters is 1. The predicted octanol–water partition coefficient (Wildman–Crippen LogP) is 6.51. The van der Waals surface area contributed by atoms with E-state index < -0.39 is 35.4 Å². The van der Waals surface area contributed by atoms with Gasteiger partial charge in [0.05, 0.1) is 34.8 Å². The second-order valence-electron chi connectivity index (χ2n) is 19.3. The smallest absolute Gasteiger partial charge is 0.324 e. The molecule has 4 amide bonds. The van der Waals surface area contributed by atoms with Gasteiger partial charge in [0.1, 0.15) is 18.1 Å². The average Bonchev–Trinajstić information content (AvgIpc) is 3.95. The molecule has 2 saturated heterocycles. The summed E-state index contributed by atoms with van der Waals surface area (Å²) in [5.41, 5.74) is 9.43. The summed E-state index contributed by atoms with van der Waals surface area (Å²) in [7, 11) is 5.49. The number of pyridine rings is 1. The van der Waals surface area contributed by atoms with Crippen molar-refractivity contribution in [1.82, 2.24) is 45.0 Å². The van der Waals surface area contributed by atoms with Gasteiger partial charge in [-0.2, -0.15) is 54.0 Å². The number of aryl methyl sites for hydroxylation is 1. The number of amides is 4. The number of benzene rings is 1. The number of ether oxygens (including phenoxy) is 2. The second-order valence-corrected chi connectivity index (χ2v) is 20.3. The molecular weight excluding hydrogens is 959 g/mol. The van der Waals surface area contributed by atoms with Gasteiger partial charge in [-0.25, -0.2) is 15.2 Å². The summed E-state index contributed by atoms with van der Waals surface area (Å²) in [6, 6.07) is 8.57. The highest BCUT2D eigenvalue weighted by Crippen LogP contribution is 2.42. The van der Waals surface area contributed by atoms with Crippen LogP contribution in [0.25, 0.3) is 33.4 Å². The summed E-state index contributed by atoms with van der Waals surface area (Å²) in [6.07, 6.45) is 5.72. The Labute approximate surface area is 433 Å². The molecule has 4 atom stereocenters. The summed E-state index contributed by atoms with van der Waals surface area (Å²) in [6.45, 7) is 14.6. The lowest BCUT2D eigenvalue weighted by Crippen LogP contribution is -2.65. The summed E-state index contributed by atoms with van der Waals surface area (Å²) in [4.78, 5) is 72.3. The first-order chi connectivity index (χ1) is 30.6. The van der Waals surface area contributed by atoms with Crippen LogP contribution in [0.15, 0.2) is 41.9 Å². The van der Waals surface area contributed by atoms with E-state index in [1.54, 1.807) is 25.3 Å². The zero-order valence-corrected chi connectivity index (χ0v) is 45.7. The molecule has 0 spiro atoms. The minimum atomic E-state index is -1.03. The fourth-order valence-corrected chi connectivity index (χ4v) is 10.6. The number of rotatable bonds is 10. The first-order valence-electron chi connectivity index (χ1n) is 22.9. The molecule has 376 valence electrons. The highest BCUT2D eigenvalue weighted by atomic mass is 32.1. The molecule has 8 rings (SSSR count). The third-order valence-corrected chi connectivity index (χ3v) is 14.5. The fourth-order valence-electron chi connectivity index (χ4n) is 9.74. The number of carbonyl (C=O) groups is 4. The first-order valence-corrected chi connectivity index (χ1v) is 23.8. The molecule has 2 N–H and O–H groups in total. The number of fused-ring (bicyclic) bond motifs is 6. The van der Waals surface area contributed by atoms with Gasteiger partial charge in [-0.15, -0.1) is 11.3 Å². The standard InChI is InChI=1S/C48H65N9O6S.4H2S/c1-10-56-39-18-15-30-21-34(39)35(43(56)33-13-11-19-49-41(33)29(4)62-9)23-48(5,6)27-63-46(60)36-14-12-20-57(52-36)45(59)37(22-40-50-38(30)26-64-40)51-44(58)42(28(2)3)54(8)47(61)55-24-32(25-55)53(7)31-16-17-31;;;;/h11,13,15,18-19,21,26,28-29,31-32,36-37,42,52H,10,12,14,16-17,20,22-25,27H2,1-9H3,(H,51,58);4*1H2/t29-,36-,37-,42-;;;;/m0..../s1. The van der Waals surface area contributed by atoms with Crippen LogP contribution >= 0.6 is 65.3 Å². The summed E-state index contributed by atoms with van der Waals surface area (Å²) >= 11 is 1.44. The molecule has 6 heterocycles. The minimum Gasteiger partial charge on any atom is -0.464 e. The molecule has 4 aromatic rings. The van der Waals surface area contributed by atoms with E-state index in [4.69, 9.17) is 19.4 Å². The van der Waals surface area contributed by atoms with Crippen molar-refractivity contribution in [3.05, 3.63) is 58.2 Å². The monoisotopic (exact) mass is 1030 g/mol. The molecule has 4 aliphatic rings. The van der Waals surface area contributed by atoms with Crippen LogP contribution in [-0.2, 0) is 43.2 Å². The van der Waals surface area contributed by atoms with Gasteiger partial charge in [0.2, 0.25) is 5.91 Å². The number of likely N-dealkylation sites (N-methyl/N-ethyl adjacent to an activating group) is 2. The van der Waals surface area contributed by atoms with E-state index in [1.807, 2.05) is 32.2 Å². The van der Waals surface area contributed by atoms with Gasteiger partial charge in [-0.3, -0.25) is 29.3 Å². The number of aromatic nitrogens is 3. The average molecular weight is 1030 g/mol. The molecule has 1 saturated carbocycles. The zero-order chi connectivity index (χ0) is 45.6. The fraction of sp³-hybridized carbons (Fsp3) is 0.583. The van der Waals surface area contributed by atoms with Crippen molar-refractivity contribution >= 4 is 100 Å². The predicted molar refractivity (Wildman–Crippen MR) is 289 cm³/mol. The quantitative estimate of drug-likeness (QED) is 0.168. The van der Waals surface area contributed by atoms with Crippen LogP contribution in [0.5, 0.6) is 0 Å². The maximum Gasteiger partial charge on any atom is 0.324 e. The highest BCUT2D eigenvalue weighted by molar-refractivity contribution is 7.59. The normalized spacial score (nSPS) is 20.4. The number of methoxy groups -OCH3 is 1. The van der Waals surface area contributed by atoms with E-state index >= 15 is 0 Å². The first kappa shape index (κ1) is 57.1. The highest BCUT2D eigenvalue weighted by Gasteiger charge is 2.43. The van der Waals surface area contributed by atoms with E-state index in [0.29, 0.717) is 62.5 Å². The molecule has 68 heavy (non-hydrogen) atoms. The van der Waals surface area contributed by atoms with Gasteiger partial charge in [0, 0.05) is 97.9 Å². The number of cyclic esters (lactones) is 1. The number of hydrazine groups is 1. The van der Waals surface area contributed by atoms with Crippen molar-refractivity contribution in [3.63, 3.8) is 0 Å². The third kappa shape index (κ3) is 11.8. The lowest BCUT2D eigenvalue weighted by molar-refractivity contribution is -0.155. The van der Waals surface area contributed by atoms with Crippen molar-refractivity contribution in [1.29, 1.82) is 0 Å². The Balaban J connectivity index is 0.00000252. The van der Waals surface area contributed by atoms with Crippen molar-refractivity contribution in [2.24, 2.45) is 11.3 Å². The Kier molecular flexibility index (Phi) is 19.8. The Morgan fingerprint density at radius 1 is 1.04 bits per heavy atom. The minimum absolute atomic E-state index is 0. The van der Waals surface area contributed by atoms with E-state index in [0.717, 1.165) is 44.7 Å². The van der Waals surface area contributed by atoms with E-state index in [2.05, 4.69) is 72.3 Å². The lowest BCUT2D eigenvalue weighted by atomic mass is 9.84. The summed E-state index contributed by atoms with van der Waals surface area (Å²) in [5, 5.41) is 8.25. The number of nitrogens with zero attached hydrogens (tertiary/aromatic N) is 7. The van der Waals surface area contributed by atoms with Crippen molar-refractivity contribution in [2.45, 2.75) is 123 Å². The molecule has 1 aromatic carbocycles. The Hall–Kier alpha value is -3.50. The van der Waals surface area contributed by atoms with Gasteiger partial charge < -0.3 is 29.2 Å². The number of hydrogen-bond acceptors (Lipinski definition) is 11. The van der Waals surface area contributed by atoms with Gasteiger partial charge >= 0.3 is 12.0 Å². The number of likely N-dealkylation sites (tertiary alicyclic amines) is 1. The Bertz CT molecular complexity index is 2400. The molecule has 3 aliphatic heterocycles. The molecule has 15 nitrogen and oxygen atoms in total. The maximum absolute atomic E-state index is 14.6. The van der Waals surface area contributed by atoms with Crippen LogP contribution in [-0.4, -0.2) is 136 Å². The summed E-state index contributed by atoms with van der Waals surface area (Å²) in [5.74, 6) is -1.48. The number of thiazole rings is 1. The molecule has 20 heteroatoms. The maximum atomic E-state index is 14.6. The van der Waals surface area contributed by atoms with Gasteiger partial charge in [0.25, 0.3) is 5.91 Å². The largest absolute Gasteiger partial charge is 0.464 e. The molecule has 3 aromatic heterocycles. The molecule has 0 radical (unpaired) electrons. The Morgan fingerprint density at radius 2 is 1.76 bits per heavy atom. The number of carbonyl (C=O) groups excluding carboxylic acids is 4. The van der Waals surface area contributed by atoms with Gasteiger partial charge in [-0.1, -0.05) is 33.8 Å². The van der Waals surface area contributed by atoms with Crippen LogP contribution in [0.3, 0.4) is 0 Å². The molecule has 1 aliphatic carbocycles. The molecule has 3 fully saturated rings. The van der Waals surface area contributed by atoms with Crippen molar-refractivity contribution in [2.75, 3.05) is 47.4 Å². The number of hydrogen-bond donors (Lipinski definition) is 2. The Morgan fingerprint density at radius 3 is 2.43 bits per heavy atom. The lowest BCUT2D eigenvalue weighted by Gasteiger charge is -2.46. The van der Waals surface area contributed by atoms with Crippen molar-refractivity contribution < 1.29 is 28.7 Å². The summed E-state index contributed by atoms with van der Waals surface area (Å²) < 4.78 is 14.3. The van der Waals surface area contributed by atoms with Crippen LogP contribution in [0.2, 0.25) is 0 Å². The van der Waals surface area contributed by atoms with Crippen LogP contribution in [0, 0.1) is 11.3 Å². The molecule has 6 bridgehead atoms. The van der Waals surface area contributed by atoms with Crippen molar-refractivity contribution in [3.8, 4) is 22.5 Å². The van der Waals surface area contributed by atoms with E-state index in [9.17, 15) is 19.2 Å². The van der Waals surface area contributed by atoms with Crippen LogP contribution < -0.4 is 10.7 Å². The molecule has 0 unspecified atom stereocenters.